The van der Waals surface area contributed by atoms with Gasteiger partial charge in [-0.25, -0.2) is 0 Å². The molecule has 0 bridgehead atoms. The number of anilines is 1. The van der Waals surface area contributed by atoms with Crippen LogP contribution in [0.2, 0.25) is 0 Å². The maximum Gasteiger partial charge on any atom is 0.244 e. The number of hydrogen-bond acceptors (Lipinski definition) is 4. The molecule has 0 unspecified atom stereocenters. The van der Waals surface area contributed by atoms with Crippen LogP contribution in [-0.4, -0.2) is 25.3 Å². The van der Waals surface area contributed by atoms with Crippen LogP contribution >= 0.6 is 0 Å². The first kappa shape index (κ1) is 12.7. The molecular weight excluding hydrogens is 232 g/mol. The fourth-order valence-corrected chi connectivity index (χ4v) is 1.57. The van der Waals surface area contributed by atoms with E-state index < -0.39 is 5.54 Å². The van der Waals surface area contributed by atoms with Crippen LogP contribution in [0.25, 0.3) is 0 Å². The molecule has 0 saturated heterocycles. The third-order valence-electron chi connectivity index (χ3n) is 3.16. The van der Waals surface area contributed by atoms with Gasteiger partial charge in [-0.3, -0.25) is 4.79 Å². The Balaban J connectivity index is 2.22. The number of likely N-dealkylation sites (N-methyl/N-ethyl adjacent to an activating group) is 1. The standard InChI is InChI=1S/C13H18N2O3/c1-8-5-10-11(18-7-17-10)6-9(8)15-12(16)13(2,3)14-4/h5-6,14H,7H2,1-4H3,(H,15,16). The van der Waals surface area contributed by atoms with Crippen LogP contribution in [0.3, 0.4) is 0 Å². The summed E-state index contributed by atoms with van der Waals surface area (Å²) < 4.78 is 10.6. The minimum atomic E-state index is -0.622. The van der Waals surface area contributed by atoms with E-state index in [0.717, 1.165) is 17.0 Å². The lowest BCUT2D eigenvalue weighted by Crippen LogP contribution is -2.48. The maximum atomic E-state index is 12.1. The molecular formula is C13H18N2O3. The molecule has 0 aromatic heterocycles. The highest BCUT2D eigenvalue weighted by Gasteiger charge is 2.26. The number of ether oxygens (including phenoxy) is 2. The molecule has 0 atom stereocenters. The van der Waals surface area contributed by atoms with Crippen LogP contribution in [0.1, 0.15) is 19.4 Å². The summed E-state index contributed by atoms with van der Waals surface area (Å²) in [4.78, 5) is 12.1. The molecule has 1 heterocycles. The van der Waals surface area contributed by atoms with Gasteiger partial charge in [-0.1, -0.05) is 0 Å². The van der Waals surface area contributed by atoms with Crippen LogP contribution in [0.4, 0.5) is 5.69 Å². The lowest BCUT2D eigenvalue weighted by Gasteiger charge is -2.23. The Morgan fingerprint density at radius 2 is 1.89 bits per heavy atom. The van der Waals surface area contributed by atoms with Crippen molar-refractivity contribution < 1.29 is 14.3 Å². The van der Waals surface area contributed by atoms with Crippen LogP contribution < -0.4 is 20.1 Å². The molecule has 5 heteroatoms. The third-order valence-corrected chi connectivity index (χ3v) is 3.16. The van der Waals surface area contributed by atoms with E-state index in [1.165, 1.54) is 0 Å². The molecule has 18 heavy (non-hydrogen) atoms. The van der Waals surface area contributed by atoms with Crippen molar-refractivity contribution in [1.29, 1.82) is 0 Å². The van der Waals surface area contributed by atoms with E-state index >= 15 is 0 Å². The quantitative estimate of drug-likeness (QED) is 0.856. The smallest absolute Gasteiger partial charge is 0.244 e. The predicted octanol–water partition coefficient (Wildman–Crippen LogP) is 1.66. The monoisotopic (exact) mass is 250 g/mol. The van der Waals surface area contributed by atoms with Gasteiger partial charge in [0.25, 0.3) is 0 Å². The first-order valence-electron chi connectivity index (χ1n) is 5.84. The maximum absolute atomic E-state index is 12.1. The summed E-state index contributed by atoms with van der Waals surface area (Å²) in [7, 11) is 1.76. The third kappa shape index (κ3) is 2.26. The van der Waals surface area contributed by atoms with Gasteiger partial charge < -0.3 is 20.1 Å². The Labute approximate surface area is 106 Å². The van der Waals surface area contributed by atoms with E-state index in [2.05, 4.69) is 10.6 Å². The van der Waals surface area contributed by atoms with Crippen molar-refractivity contribution in [3.8, 4) is 11.5 Å². The number of benzene rings is 1. The Kier molecular flexibility index (Phi) is 3.17. The van der Waals surface area contributed by atoms with Crippen LogP contribution in [0, 0.1) is 6.92 Å². The first-order valence-corrected chi connectivity index (χ1v) is 5.84. The average Bonchev–Trinajstić information content (AvgIpc) is 2.76. The summed E-state index contributed by atoms with van der Waals surface area (Å²) in [6.45, 7) is 5.80. The van der Waals surface area contributed by atoms with Crippen LogP contribution in [-0.2, 0) is 4.79 Å². The molecule has 2 N–H and O–H groups in total. The number of aryl methyl sites for hydroxylation is 1. The number of rotatable bonds is 3. The molecule has 1 amide bonds. The Morgan fingerprint density at radius 3 is 2.50 bits per heavy atom. The highest BCUT2D eigenvalue weighted by atomic mass is 16.7. The molecule has 1 aromatic rings. The normalized spacial score (nSPS) is 13.6. The van der Waals surface area contributed by atoms with Gasteiger partial charge in [-0.2, -0.15) is 0 Å². The topological polar surface area (TPSA) is 59.6 Å². The van der Waals surface area contributed by atoms with E-state index in [1.54, 1.807) is 13.1 Å². The Hall–Kier alpha value is -1.75. The zero-order valence-electron chi connectivity index (χ0n) is 11.1. The summed E-state index contributed by atoms with van der Waals surface area (Å²) >= 11 is 0. The molecule has 1 aliphatic heterocycles. The lowest BCUT2D eigenvalue weighted by molar-refractivity contribution is -0.121. The average molecular weight is 250 g/mol. The minimum Gasteiger partial charge on any atom is -0.454 e. The van der Waals surface area contributed by atoms with Crippen molar-refractivity contribution in [3.63, 3.8) is 0 Å². The molecule has 0 fully saturated rings. The molecule has 5 nitrogen and oxygen atoms in total. The van der Waals surface area contributed by atoms with Crippen molar-refractivity contribution in [1.82, 2.24) is 5.32 Å². The van der Waals surface area contributed by atoms with Crippen molar-refractivity contribution in [3.05, 3.63) is 17.7 Å². The number of amides is 1. The van der Waals surface area contributed by atoms with Crippen molar-refractivity contribution in [2.24, 2.45) is 0 Å². The van der Waals surface area contributed by atoms with Gasteiger partial charge in [0.15, 0.2) is 11.5 Å². The van der Waals surface area contributed by atoms with Gasteiger partial charge >= 0.3 is 0 Å². The second-order valence-electron chi connectivity index (χ2n) is 4.85. The SMILES string of the molecule is CNC(C)(C)C(=O)Nc1cc2c(cc1C)OCO2. The van der Waals surface area contributed by atoms with Crippen molar-refractivity contribution >= 4 is 11.6 Å². The Bertz CT molecular complexity index is 483. The highest BCUT2D eigenvalue weighted by molar-refractivity contribution is 5.98. The van der Waals surface area contributed by atoms with Gasteiger partial charge in [-0.15, -0.1) is 0 Å². The fraction of sp³-hybridized carbons (Fsp3) is 0.462. The van der Waals surface area contributed by atoms with Gasteiger partial charge in [-0.05, 0) is 39.4 Å². The summed E-state index contributed by atoms with van der Waals surface area (Å²) in [6, 6.07) is 3.66. The molecule has 1 aliphatic rings. The number of carbonyl (C=O) groups is 1. The second-order valence-corrected chi connectivity index (χ2v) is 4.85. The number of nitrogens with one attached hydrogen (secondary N) is 2. The van der Waals surface area contributed by atoms with Crippen molar-refractivity contribution in [2.75, 3.05) is 19.2 Å². The molecule has 2 rings (SSSR count). The first-order chi connectivity index (χ1) is 8.44. The van der Waals surface area contributed by atoms with Crippen LogP contribution in [0.5, 0.6) is 11.5 Å². The van der Waals surface area contributed by atoms with Gasteiger partial charge in [0.2, 0.25) is 12.7 Å². The van der Waals surface area contributed by atoms with E-state index in [-0.39, 0.29) is 12.7 Å². The van der Waals surface area contributed by atoms with Gasteiger partial charge in [0, 0.05) is 11.8 Å². The largest absolute Gasteiger partial charge is 0.454 e. The second kappa shape index (κ2) is 4.49. The molecule has 98 valence electrons. The van der Waals surface area contributed by atoms with E-state index in [1.807, 2.05) is 26.8 Å². The zero-order valence-corrected chi connectivity index (χ0v) is 11.1. The summed E-state index contributed by atoms with van der Waals surface area (Å²) in [5.41, 5.74) is 1.06. The molecule has 0 spiro atoms. The molecule has 0 aliphatic carbocycles. The molecule has 0 radical (unpaired) electrons. The minimum absolute atomic E-state index is 0.0908. The highest BCUT2D eigenvalue weighted by Crippen LogP contribution is 2.36. The van der Waals surface area contributed by atoms with E-state index in [0.29, 0.717) is 5.75 Å². The summed E-state index contributed by atoms with van der Waals surface area (Å²) in [5, 5.41) is 5.86. The van der Waals surface area contributed by atoms with E-state index in [9.17, 15) is 4.79 Å². The molecule has 1 aromatic carbocycles. The summed E-state index contributed by atoms with van der Waals surface area (Å²) in [6.07, 6.45) is 0. The number of carbonyl (C=O) groups excluding carboxylic acids is 1. The number of hydrogen-bond donors (Lipinski definition) is 2. The zero-order chi connectivity index (χ0) is 13.3. The number of fused-ring (bicyclic) bond motifs is 1. The lowest BCUT2D eigenvalue weighted by atomic mass is 10.0. The molecule has 0 saturated carbocycles. The summed E-state index contributed by atoms with van der Waals surface area (Å²) in [5.74, 6) is 1.29. The fourth-order valence-electron chi connectivity index (χ4n) is 1.57. The van der Waals surface area contributed by atoms with E-state index in [4.69, 9.17) is 9.47 Å². The predicted molar refractivity (Wildman–Crippen MR) is 69.1 cm³/mol. The van der Waals surface area contributed by atoms with Crippen molar-refractivity contribution in [2.45, 2.75) is 26.3 Å². The van der Waals surface area contributed by atoms with Crippen LogP contribution in [0.15, 0.2) is 12.1 Å². The van der Waals surface area contributed by atoms with Gasteiger partial charge in [0.1, 0.15) is 0 Å². The Morgan fingerprint density at radius 1 is 1.28 bits per heavy atom. The van der Waals surface area contributed by atoms with Gasteiger partial charge in [0.05, 0.1) is 5.54 Å².